The molecule has 0 heterocycles. The standard InChI is InChI=1S/C14H18BrFOS/c15-14-10(4-3-7-13(14)16)8-11(17)9-18-12-5-1-2-6-12/h3-4,7,11-12,17H,1-2,5-6,8-9H2. The molecule has 2 rings (SSSR count). The maximum absolute atomic E-state index is 13.3. The van der Waals surface area contributed by atoms with Crippen LogP contribution in [0.1, 0.15) is 31.2 Å². The van der Waals surface area contributed by atoms with E-state index in [9.17, 15) is 9.50 Å². The van der Waals surface area contributed by atoms with Crippen molar-refractivity contribution in [3.8, 4) is 0 Å². The molecule has 1 aliphatic rings. The summed E-state index contributed by atoms with van der Waals surface area (Å²) in [5.74, 6) is 0.483. The van der Waals surface area contributed by atoms with E-state index in [1.54, 1.807) is 6.07 Å². The van der Waals surface area contributed by atoms with Crippen LogP contribution in [0.25, 0.3) is 0 Å². The van der Waals surface area contributed by atoms with E-state index < -0.39 is 6.10 Å². The first kappa shape index (κ1) is 14.4. The van der Waals surface area contributed by atoms with E-state index in [2.05, 4.69) is 15.9 Å². The summed E-state index contributed by atoms with van der Waals surface area (Å²) in [6.45, 7) is 0. The van der Waals surface area contributed by atoms with Crippen LogP contribution in [0.4, 0.5) is 4.39 Å². The van der Waals surface area contributed by atoms with Gasteiger partial charge in [-0.1, -0.05) is 25.0 Å². The Labute approximate surface area is 120 Å². The van der Waals surface area contributed by atoms with E-state index >= 15 is 0 Å². The summed E-state index contributed by atoms with van der Waals surface area (Å²) in [7, 11) is 0. The molecule has 18 heavy (non-hydrogen) atoms. The van der Waals surface area contributed by atoms with Gasteiger partial charge in [0.15, 0.2) is 0 Å². The van der Waals surface area contributed by atoms with Gasteiger partial charge in [-0.25, -0.2) is 4.39 Å². The average molecular weight is 333 g/mol. The normalized spacial score (nSPS) is 18.2. The van der Waals surface area contributed by atoms with E-state index in [1.165, 1.54) is 31.7 Å². The van der Waals surface area contributed by atoms with Crippen molar-refractivity contribution < 1.29 is 9.50 Å². The fourth-order valence-electron chi connectivity index (χ4n) is 2.32. The van der Waals surface area contributed by atoms with Crippen LogP contribution in [0.3, 0.4) is 0 Å². The summed E-state index contributed by atoms with van der Waals surface area (Å²) in [6, 6.07) is 4.97. The van der Waals surface area contributed by atoms with Gasteiger partial charge in [0.25, 0.3) is 0 Å². The quantitative estimate of drug-likeness (QED) is 0.873. The van der Waals surface area contributed by atoms with Crippen molar-refractivity contribution in [3.63, 3.8) is 0 Å². The molecule has 100 valence electrons. The van der Waals surface area contributed by atoms with Gasteiger partial charge in [-0.15, -0.1) is 0 Å². The number of benzene rings is 1. The molecule has 0 aromatic heterocycles. The first-order chi connectivity index (χ1) is 8.66. The zero-order valence-electron chi connectivity index (χ0n) is 10.2. The number of aliphatic hydroxyl groups excluding tert-OH is 1. The molecule has 1 atom stereocenters. The molecule has 0 bridgehead atoms. The highest BCUT2D eigenvalue weighted by Gasteiger charge is 2.17. The lowest BCUT2D eigenvalue weighted by Gasteiger charge is -2.14. The molecule has 1 aromatic rings. The van der Waals surface area contributed by atoms with Crippen LogP contribution in [-0.2, 0) is 6.42 Å². The highest BCUT2D eigenvalue weighted by atomic mass is 79.9. The molecule has 0 spiro atoms. The van der Waals surface area contributed by atoms with Gasteiger partial charge < -0.3 is 5.11 Å². The molecule has 1 N–H and O–H groups in total. The zero-order valence-corrected chi connectivity index (χ0v) is 12.6. The summed E-state index contributed by atoms with van der Waals surface area (Å²) in [6.07, 6.45) is 5.32. The van der Waals surface area contributed by atoms with Crippen molar-refractivity contribution in [2.75, 3.05) is 5.75 Å². The van der Waals surface area contributed by atoms with Crippen molar-refractivity contribution >= 4 is 27.7 Å². The number of aliphatic hydroxyl groups is 1. The van der Waals surface area contributed by atoms with Gasteiger partial charge in [-0.3, -0.25) is 0 Å². The third-order valence-electron chi connectivity index (χ3n) is 3.31. The van der Waals surface area contributed by atoms with Crippen molar-refractivity contribution in [3.05, 3.63) is 34.1 Å². The Kier molecular flexibility index (Phi) is 5.52. The number of hydrogen-bond acceptors (Lipinski definition) is 2. The van der Waals surface area contributed by atoms with Crippen LogP contribution in [0.2, 0.25) is 0 Å². The molecule has 0 aliphatic heterocycles. The smallest absolute Gasteiger partial charge is 0.137 e. The van der Waals surface area contributed by atoms with E-state index in [0.29, 0.717) is 10.9 Å². The third-order valence-corrected chi connectivity index (χ3v) is 5.72. The fraction of sp³-hybridized carbons (Fsp3) is 0.571. The number of halogens is 2. The lowest BCUT2D eigenvalue weighted by atomic mass is 10.1. The second-order valence-corrected chi connectivity index (χ2v) is 6.94. The first-order valence-corrected chi connectivity index (χ1v) is 8.23. The molecule has 0 amide bonds. The average Bonchev–Trinajstić information content (AvgIpc) is 2.86. The molecule has 0 radical (unpaired) electrons. The minimum atomic E-state index is -0.395. The summed E-state index contributed by atoms with van der Waals surface area (Å²) in [5, 5.41) is 10.7. The molecule has 1 aliphatic carbocycles. The second kappa shape index (κ2) is 6.92. The SMILES string of the molecule is OC(CSC1CCCC1)Cc1cccc(F)c1Br. The molecule has 1 nitrogen and oxygen atoms in total. The minimum absolute atomic E-state index is 0.261. The molecule has 4 heteroatoms. The molecular weight excluding hydrogens is 315 g/mol. The predicted octanol–water partition coefficient (Wildman–Crippen LogP) is 4.17. The van der Waals surface area contributed by atoms with Crippen molar-refractivity contribution in [1.82, 2.24) is 0 Å². The summed E-state index contributed by atoms with van der Waals surface area (Å²) in [4.78, 5) is 0. The van der Waals surface area contributed by atoms with Crippen LogP contribution in [0.15, 0.2) is 22.7 Å². The minimum Gasteiger partial charge on any atom is -0.392 e. The lowest BCUT2D eigenvalue weighted by Crippen LogP contribution is -2.16. The van der Waals surface area contributed by atoms with Gasteiger partial charge >= 0.3 is 0 Å². The Balaban J connectivity index is 1.82. The van der Waals surface area contributed by atoms with E-state index in [4.69, 9.17) is 0 Å². The Morgan fingerprint density at radius 3 is 2.83 bits per heavy atom. The Bertz CT molecular complexity index is 393. The van der Waals surface area contributed by atoms with Gasteiger partial charge in [0.05, 0.1) is 10.6 Å². The fourth-order valence-corrected chi connectivity index (χ4v) is 4.03. The molecule has 1 aromatic carbocycles. The maximum atomic E-state index is 13.3. The summed E-state index contributed by atoms with van der Waals surface area (Å²) >= 11 is 5.10. The van der Waals surface area contributed by atoms with E-state index in [0.717, 1.165) is 16.6 Å². The van der Waals surface area contributed by atoms with Crippen LogP contribution < -0.4 is 0 Å². The Morgan fingerprint density at radius 1 is 1.39 bits per heavy atom. The predicted molar refractivity (Wildman–Crippen MR) is 78.5 cm³/mol. The van der Waals surface area contributed by atoms with Crippen molar-refractivity contribution in [1.29, 1.82) is 0 Å². The van der Waals surface area contributed by atoms with Crippen molar-refractivity contribution in [2.45, 2.75) is 43.5 Å². The van der Waals surface area contributed by atoms with E-state index in [1.807, 2.05) is 17.8 Å². The van der Waals surface area contributed by atoms with Crippen LogP contribution in [0.5, 0.6) is 0 Å². The maximum Gasteiger partial charge on any atom is 0.137 e. The van der Waals surface area contributed by atoms with E-state index in [-0.39, 0.29) is 5.82 Å². The first-order valence-electron chi connectivity index (χ1n) is 6.39. The lowest BCUT2D eigenvalue weighted by molar-refractivity contribution is 0.199. The molecule has 1 fully saturated rings. The topological polar surface area (TPSA) is 20.2 Å². The second-order valence-electron chi connectivity index (χ2n) is 4.81. The highest BCUT2D eigenvalue weighted by Crippen LogP contribution is 2.30. The van der Waals surface area contributed by atoms with Crippen LogP contribution in [0, 0.1) is 5.82 Å². The summed E-state index contributed by atoms with van der Waals surface area (Å²) < 4.78 is 13.8. The number of rotatable bonds is 5. The van der Waals surface area contributed by atoms with Gasteiger partial charge in [-0.05, 0) is 40.4 Å². The Hall–Kier alpha value is -0.0600. The van der Waals surface area contributed by atoms with Crippen LogP contribution in [-0.4, -0.2) is 22.2 Å². The van der Waals surface area contributed by atoms with Crippen molar-refractivity contribution in [2.24, 2.45) is 0 Å². The highest BCUT2D eigenvalue weighted by molar-refractivity contribution is 9.10. The molecule has 1 unspecified atom stereocenters. The third kappa shape index (κ3) is 3.97. The summed E-state index contributed by atoms with van der Waals surface area (Å²) in [5.41, 5.74) is 0.842. The molecular formula is C14H18BrFOS. The van der Waals surface area contributed by atoms with Gasteiger partial charge in [0.2, 0.25) is 0 Å². The number of thioether (sulfide) groups is 1. The molecule has 1 saturated carbocycles. The van der Waals surface area contributed by atoms with Gasteiger partial charge in [-0.2, -0.15) is 11.8 Å². The van der Waals surface area contributed by atoms with Crippen LogP contribution >= 0.6 is 27.7 Å². The van der Waals surface area contributed by atoms with Gasteiger partial charge in [0, 0.05) is 17.4 Å². The monoisotopic (exact) mass is 332 g/mol. The largest absolute Gasteiger partial charge is 0.392 e. The number of hydrogen-bond donors (Lipinski definition) is 1. The zero-order chi connectivity index (χ0) is 13.0. The molecule has 0 saturated heterocycles. The van der Waals surface area contributed by atoms with Gasteiger partial charge in [0.1, 0.15) is 5.82 Å². The Morgan fingerprint density at radius 2 is 2.11 bits per heavy atom.